The molecule has 8 heteroatoms. The molecule has 0 saturated carbocycles. The second-order valence-corrected chi connectivity index (χ2v) is 7.36. The quantitative estimate of drug-likeness (QED) is 0.859. The molecule has 4 rings (SSSR count). The summed E-state index contributed by atoms with van der Waals surface area (Å²) in [4.78, 5) is 29.8. The summed E-state index contributed by atoms with van der Waals surface area (Å²) in [5, 5.41) is 6.19. The Balaban J connectivity index is 1.25. The van der Waals surface area contributed by atoms with Crippen molar-refractivity contribution < 1.29 is 4.79 Å². The number of carbonyl (C=O) groups excluding carboxylic acids is 1. The highest BCUT2D eigenvalue weighted by Gasteiger charge is 2.28. The number of amides is 1. The zero-order chi connectivity index (χ0) is 17.1. The van der Waals surface area contributed by atoms with E-state index in [1.807, 2.05) is 11.5 Å². The smallest absolute Gasteiger partial charge is 0.225 e. The van der Waals surface area contributed by atoms with Gasteiger partial charge in [0.1, 0.15) is 0 Å². The number of nitrogens with one attached hydrogen (secondary N) is 1. The Labute approximate surface area is 151 Å². The lowest BCUT2D eigenvalue weighted by Crippen LogP contribution is -2.41. The molecule has 0 aliphatic carbocycles. The topological polar surface area (TPSA) is 73.7 Å². The molecule has 1 aromatic heterocycles. The molecule has 1 N–H and O–H groups in total. The zero-order valence-electron chi connectivity index (χ0n) is 14.1. The molecule has 1 fully saturated rings. The molecule has 0 radical (unpaired) electrons. The van der Waals surface area contributed by atoms with Crippen LogP contribution in [-0.2, 0) is 4.79 Å². The summed E-state index contributed by atoms with van der Waals surface area (Å²) in [6.07, 6.45) is 6.22. The number of hydrogen-bond acceptors (Lipinski definition) is 7. The van der Waals surface area contributed by atoms with Crippen LogP contribution in [0.1, 0.15) is 19.3 Å². The molecule has 3 aliphatic heterocycles. The molecule has 0 unspecified atom stereocenters. The van der Waals surface area contributed by atoms with E-state index in [4.69, 9.17) is 0 Å². The molecule has 132 valence electrons. The largest absolute Gasteiger partial charge is 0.355 e. The highest BCUT2D eigenvalue weighted by Crippen LogP contribution is 2.30. The molecule has 1 saturated heterocycles. The zero-order valence-corrected chi connectivity index (χ0v) is 14.9. The normalized spacial score (nSPS) is 22.5. The molecule has 0 spiro atoms. The van der Waals surface area contributed by atoms with Crippen molar-refractivity contribution in [1.29, 1.82) is 0 Å². The maximum absolute atomic E-state index is 12.3. The molecular weight excluding hydrogens is 336 g/mol. The average molecular weight is 358 g/mol. The van der Waals surface area contributed by atoms with E-state index in [9.17, 15) is 4.79 Å². The number of nitrogens with zero attached hydrogens (tertiary/aromatic N) is 5. The minimum atomic E-state index is 0.0908. The first-order chi connectivity index (χ1) is 12.3. The van der Waals surface area contributed by atoms with Gasteiger partial charge in [-0.3, -0.25) is 9.79 Å². The van der Waals surface area contributed by atoms with Gasteiger partial charge < -0.3 is 15.1 Å². The van der Waals surface area contributed by atoms with Crippen LogP contribution in [0.25, 0.3) is 0 Å². The van der Waals surface area contributed by atoms with Gasteiger partial charge in [-0.1, -0.05) is 11.8 Å². The van der Waals surface area contributed by atoms with E-state index in [2.05, 4.69) is 30.1 Å². The maximum Gasteiger partial charge on any atom is 0.225 e. The predicted molar refractivity (Wildman–Crippen MR) is 99.3 cm³/mol. The van der Waals surface area contributed by atoms with Gasteiger partial charge in [0, 0.05) is 44.3 Å². The van der Waals surface area contributed by atoms with Gasteiger partial charge in [-0.2, -0.15) is 0 Å². The number of hydrogen-bond donors (Lipinski definition) is 1. The van der Waals surface area contributed by atoms with Crippen LogP contribution in [0.15, 0.2) is 34.6 Å². The van der Waals surface area contributed by atoms with Crippen molar-refractivity contribution in [3.05, 3.63) is 29.6 Å². The number of aromatic nitrogens is 2. The third-order valence-corrected chi connectivity index (χ3v) is 5.68. The molecule has 3 aliphatic rings. The molecule has 1 aromatic rings. The number of thioether (sulfide) groups is 1. The molecule has 1 atom stereocenters. The van der Waals surface area contributed by atoms with Gasteiger partial charge in [-0.05, 0) is 30.2 Å². The summed E-state index contributed by atoms with van der Waals surface area (Å²) in [5.41, 5.74) is 1.07. The van der Waals surface area contributed by atoms with Crippen LogP contribution >= 0.6 is 11.8 Å². The second kappa shape index (κ2) is 7.43. The third-order valence-electron chi connectivity index (χ3n) is 4.73. The minimum absolute atomic E-state index is 0.0908. The minimum Gasteiger partial charge on any atom is -0.355 e. The van der Waals surface area contributed by atoms with Crippen molar-refractivity contribution in [3.8, 4) is 0 Å². The summed E-state index contributed by atoms with van der Waals surface area (Å²) >= 11 is 1.62. The summed E-state index contributed by atoms with van der Waals surface area (Å²) in [5.74, 6) is 1.32. The monoisotopic (exact) mass is 358 g/mol. The Hall–Kier alpha value is -2.09. The fourth-order valence-electron chi connectivity index (χ4n) is 3.47. The first-order valence-electron chi connectivity index (χ1n) is 8.76. The van der Waals surface area contributed by atoms with E-state index in [-0.39, 0.29) is 5.91 Å². The van der Waals surface area contributed by atoms with Gasteiger partial charge in [0.25, 0.3) is 0 Å². The summed E-state index contributed by atoms with van der Waals surface area (Å²) in [7, 11) is 0. The van der Waals surface area contributed by atoms with Crippen molar-refractivity contribution in [2.24, 2.45) is 10.9 Å². The van der Waals surface area contributed by atoms with Gasteiger partial charge in [0.2, 0.25) is 11.9 Å². The van der Waals surface area contributed by atoms with E-state index in [1.165, 1.54) is 0 Å². The van der Waals surface area contributed by atoms with Crippen molar-refractivity contribution in [1.82, 2.24) is 20.2 Å². The molecule has 7 nitrogen and oxygen atoms in total. The summed E-state index contributed by atoms with van der Waals surface area (Å²) < 4.78 is 0. The Morgan fingerprint density at radius 1 is 1.32 bits per heavy atom. The van der Waals surface area contributed by atoms with Crippen molar-refractivity contribution >= 4 is 28.8 Å². The highest BCUT2D eigenvalue weighted by molar-refractivity contribution is 8.16. The van der Waals surface area contributed by atoms with Gasteiger partial charge >= 0.3 is 0 Å². The second-order valence-electron chi connectivity index (χ2n) is 6.53. The summed E-state index contributed by atoms with van der Waals surface area (Å²) in [6, 6.07) is 1.83. The molecule has 0 bridgehead atoms. The van der Waals surface area contributed by atoms with E-state index in [1.54, 1.807) is 24.2 Å². The van der Waals surface area contributed by atoms with Crippen LogP contribution in [-0.4, -0.2) is 58.7 Å². The lowest BCUT2D eigenvalue weighted by Gasteiger charge is -2.32. The van der Waals surface area contributed by atoms with Crippen molar-refractivity contribution in [2.45, 2.75) is 19.3 Å². The molecule has 0 aromatic carbocycles. The molecule has 25 heavy (non-hydrogen) atoms. The predicted octanol–water partition coefficient (Wildman–Crippen LogP) is 1.46. The van der Waals surface area contributed by atoms with Crippen molar-refractivity contribution in [3.63, 3.8) is 0 Å². The van der Waals surface area contributed by atoms with Crippen LogP contribution in [0.4, 0.5) is 5.95 Å². The molecule has 1 amide bonds. The number of fused-ring (bicyclic) bond motifs is 1. The average Bonchev–Trinajstić information content (AvgIpc) is 3.26. The van der Waals surface area contributed by atoms with Crippen LogP contribution in [0.5, 0.6) is 0 Å². The van der Waals surface area contributed by atoms with Crippen molar-refractivity contribution in [2.75, 3.05) is 37.6 Å². The van der Waals surface area contributed by atoms with Gasteiger partial charge in [-0.25, -0.2) is 9.97 Å². The van der Waals surface area contributed by atoms with Crippen LogP contribution in [0, 0.1) is 5.92 Å². The maximum atomic E-state index is 12.3. The Morgan fingerprint density at radius 2 is 2.20 bits per heavy atom. The number of aliphatic imine (C=N–C) groups is 1. The molecule has 4 heterocycles. The van der Waals surface area contributed by atoms with Crippen LogP contribution in [0.2, 0.25) is 0 Å². The fourth-order valence-corrected chi connectivity index (χ4v) is 4.42. The Kier molecular flexibility index (Phi) is 4.87. The lowest BCUT2D eigenvalue weighted by molar-refractivity contribution is -0.120. The standard InChI is InChI=1S/C17H22N6OS/c24-15(9-14-12-25-17-20-6-8-23(14)17)21-10-13-3-1-7-22(11-13)16-18-4-2-5-19-16/h2,4-5,12-13H,1,3,6-11H2,(H,21,24)/t13-/m0/s1. The van der Waals surface area contributed by atoms with Gasteiger partial charge in [-0.15, -0.1) is 0 Å². The number of anilines is 1. The lowest BCUT2D eigenvalue weighted by atomic mass is 9.98. The Morgan fingerprint density at radius 3 is 3.08 bits per heavy atom. The van der Waals surface area contributed by atoms with Crippen LogP contribution < -0.4 is 10.2 Å². The first-order valence-corrected chi connectivity index (χ1v) is 9.64. The SMILES string of the molecule is O=C(CC1=CSC2=NCCN12)NC[C@@H]1CCCN(c2ncccn2)C1. The van der Waals surface area contributed by atoms with Gasteiger partial charge in [0.15, 0.2) is 5.17 Å². The van der Waals surface area contributed by atoms with Crippen LogP contribution in [0.3, 0.4) is 0 Å². The highest BCUT2D eigenvalue weighted by atomic mass is 32.2. The Bertz CT molecular complexity index is 692. The molecular formula is C17H22N6OS. The van der Waals surface area contributed by atoms with E-state index in [0.29, 0.717) is 18.9 Å². The van der Waals surface area contributed by atoms with Gasteiger partial charge in [0.05, 0.1) is 13.0 Å². The number of rotatable bonds is 5. The van der Waals surface area contributed by atoms with E-state index >= 15 is 0 Å². The number of carbonyl (C=O) groups is 1. The number of piperidine rings is 1. The third kappa shape index (κ3) is 3.78. The van der Waals surface area contributed by atoms with E-state index in [0.717, 1.165) is 55.8 Å². The fraction of sp³-hybridized carbons (Fsp3) is 0.529. The first kappa shape index (κ1) is 16.4. The van der Waals surface area contributed by atoms with E-state index < -0.39 is 0 Å². The number of amidine groups is 1. The summed E-state index contributed by atoms with van der Waals surface area (Å²) in [6.45, 7) is 4.32.